The van der Waals surface area contributed by atoms with E-state index >= 15 is 0 Å². The predicted octanol–water partition coefficient (Wildman–Crippen LogP) is 4.50. The number of imidazole rings is 1. The Balaban J connectivity index is 1.42. The lowest BCUT2D eigenvalue weighted by Gasteiger charge is -2.12. The summed E-state index contributed by atoms with van der Waals surface area (Å²) < 4.78 is 7.52. The van der Waals surface area contributed by atoms with Crippen LogP contribution < -0.4 is 5.32 Å². The minimum Gasteiger partial charge on any atom is -0.432 e. The van der Waals surface area contributed by atoms with Crippen LogP contribution in [0.5, 0.6) is 0 Å². The summed E-state index contributed by atoms with van der Waals surface area (Å²) in [5, 5.41) is 4.43. The number of benzene rings is 2. The highest BCUT2D eigenvalue weighted by atomic mass is 35.5. The van der Waals surface area contributed by atoms with Crippen LogP contribution in [0.2, 0.25) is 5.02 Å². The molecule has 0 fully saturated rings. The van der Waals surface area contributed by atoms with E-state index in [9.17, 15) is 0 Å². The molecule has 1 N–H and O–H groups in total. The second-order valence-corrected chi connectivity index (χ2v) is 7.16. The Morgan fingerprint density at radius 1 is 1.08 bits per heavy atom. The minimum atomic E-state index is 0.447. The van der Waals surface area contributed by atoms with Crippen molar-refractivity contribution in [3.05, 3.63) is 82.8 Å². The van der Waals surface area contributed by atoms with E-state index < -0.39 is 0 Å². The Labute approximate surface area is 156 Å². The lowest BCUT2D eigenvalue weighted by molar-refractivity contribution is 0.526. The van der Waals surface area contributed by atoms with Crippen molar-refractivity contribution < 1.29 is 4.42 Å². The van der Waals surface area contributed by atoms with Gasteiger partial charge < -0.3 is 9.73 Å². The maximum Gasteiger partial charge on any atom is 0.306 e. The van der Waals surface area contributed by atoms with Crippen LogP contribution in [0.4, 0.5) is 0 Å². The molecule has 2 aromatic carbocycles. The fourth-order valence-corrected chi connectivity index (χ4v) is 3.91. The summed E-state index contributed by atoms with van der Waals surface area (Å²) in [4.78, 5) is 4.67. The van der Waals surface area contributed by atoms with Gasteiger partial charge in [-0.05, 0) is 36.1 Å². The molecule has 0 atom stereocenters. The number of halogens is 1. The van der Waals surface area contributed by atoms with Crippen molar-refractivity contribution in [2.45, 2.75) is 25.4 Å². The standard InChI is InChI=1S/C21H18ClN3O/c22-17-7-5-14(6-8-17)20-19(25-9-10-26-21(25)24-20)13-23-18-11-15-3-1-2-4-16(15)12-18/h1-10,18,23H,11-13H2. The number of nitrogens with zero attached hydrogens (tertiary/aromatic N) is 2. The van der Waals surface area contributed by atoms with E-state index in [1.165, 1.54) is 11.1 Å². The Morgan fingerprint density at radius 3 is 2.54 bits per heavy atom. The molecule has 130 valence electrons. The van der Waals surface area contributed by atoms with Crippen LogP contribution in [0.15, 0.2) is 65.4 Å². The predicted molar refractivity (Wildman–Crippen MR) is 102 cm³/mol. The molecule has 5 rings (SSSR count). The van der Waals surface area contributed by atoms with Gasteiger partial charge in [0.25, 0.3) is 0 Å². The molecule has 0 amide bonds. The van der Waals surface area contributed by atoms with Crippen LogP contribution in [0, 0.1) is 0 Å². The highest BCUT2D eigenvalue weighted by Gasteiger charge is 2.22. The summed E-state index contributed by atoms with van der Waals surface area (Å²) in [5.41, 5.74) is 5.98. The smallest absolute Gasteiger partial charge is 0.306 e. The molecule has 0 unspecified atom stereocenters. The highest BCUT2D eigenvalue weighted by molar-refractivity contribution is 6.30. The molecule has 0 radical (unpaired) electrons. The van der Waals surface area contributed by atoms with Gasteiger partial charge in [0.2, 0.25) is 0 Å². The number of hydrogen-bond acceptors (Lipinski definition) is 3. The summed E-state index contributed by atoms with van der Waals surface area (Å²) in [6, 6.07) is 16.9. The molecule has 0 bridgehead atoms. The van der Waals surface area contributed by atoms with Gasteiger partial charge in [-0.1, -0.05) is 48.0 Å². The molecule has 0 saturated heterocycles. The summed E-state index contributed by atoms with van der Waals surface area (Å²) in [6.07, 6.45) is 5.73. The van der Waals surface area contributed by atoms with E-state index in [-0.39, 0.29) is 0 Å². The molecule has 2 heterocycles. The molecule has 1 aliphatic carbocycles. The van der Waals surface area contributed by atoms with Gasteiger partial charge in [-0.2, -0.15) is 4.98 Å². The maximum atomic E-state index is 6.03. The zero-order chi connectivity index (χ0) is 17.5. The first-order valence-electron chi connectivity index (χ1n) is 8.78. The van der Waals surface area contributed by atoms with Gasteiger partial charge >= 0.3 is 5.84 Å². The molecule has 1 aliphatic rings. The second kappa shape index (κ2) is 6.31. The van der Waals surface area contributed by atoms with Gasteiger partial charge in [-0.3, -0.25) is 4.40 Å². The average molecular weight is 364 g/mol. The van der Waals surface area contributed by atoms with E-state index in [0.717, 1.165) is 41.4 Å². The van der Waals surface area contributed by atoms with Crippen LogP contribution >= 0.6 is 11.6 Å². The third-order valence-electron chi connectivity index (χ3n) is 5.09. The molecule has 0 saturated carbocycles. The summed E-state index contributed by atoms with van der Waals surface area (Å²) in [5.74, 6) is 0.612. The lowest BCUT2D eigenvalue weighted by atomic mass is 10.1. The molecular weight excluding hydrogens is 346 g/mol. The first-order valence-corrected chi connectivity index (χ1v) is 9.16. The molecule has 5 heteroatoms. The topological polar surface area (TPSA) is 42.5 Å². The third-order valence-corrected chi connectivity index (χ3v) is 5.34. The Kier molecular flexibility index (Phi) is 3.80. The monoisotopic (exact) mass is 363 g/mol. The first kappa shape index (κ1) is 15.7. The number of nitrogens with one attached hydrogen (secondary N) is 1. The van der Waals surface area contributed by atoms with Crippen molar-refractivity contribution in [1.82, 2.24) is 14.7 Å². The number of rotatable bonds is 4. The summed E-state index contributed by atoms with van der Waals surface area (Å²) in [6.45, 7) is 0.733. The minimum absolute atomic E-state index is 0.447. The summed E-state index contributed by atoms with van der Waals surface area (Å²) >= 11 is 6.03. The highest BCUT2D eigenvalue weighted by Crippen LogP contribution is 2.27. The van der Waals surface area contributed by atoms with Gasteiger partial charge in [-0.25, -0.2) is 0 Å². The van der Waals surface area contributed by atoms with Crippen molar-refractivity contribution in [3.8, 4) is 11.3 Å². The summed E-state index contributed by atoms with van der Waals surface area (Å²) in [7, 11) is 0. The number of hydrogen-bond donors (Lipinski definition) is 1. The number of aromatic nitrogens is 2. The van der Waals surface area contributed by atoms with Gasteiger partial charge in [0, 0.05) is 29.4 Å². The van der Waals surface area contributed by atoms with E-state index in [4.69, 9.17) is 16.0 Å². The van der Waals surface area contributed by atoms with E-state index in [1.54, 1.807) is 6.26 Å². The third kappa shape index (κ3) is 2.71. The van der Waals surface area contributed by atoms with Gasteiger partial charge in [0.15, 0.2) is 0 Å². The SMILES string of the molecule is Clc1ccc(-c2nc3occn3c2CNC2Cc3ccccc3C2)cc1. The molecule has 4 nitrogen and oxygen atoms in total. The van der Waals surface area contributed by atoms with E-state index in [0.29, 0.717) is 11.9 Å². The van der Waals surface area contributed by atoms with E-state index in [1.807, 2.05) is 34.9 Å². The Hall–Kier alpha value is -2.56. The first-order chi connectivity index (χ1) is 12.8. The maximum absolute atomic E-state index is 6.03. The van der Waals surface area contributed by atoms with Gasteiger partial charge in [0.05, 0.1) is 11.4 Å². The molecule has 4 aromatic rings. The fourth-order valence-electron chi connectivity index (χ4n) is 3.78. The number of oxazole rings is 1. The Morgan fingerprint density at radius 2 is 1.81 bits per heavy atom. The molecule has 2 aromatic heterocycles. The Bertz CT molecular complexity index is 1040. The second-order valence-electron chi connectivity index (χ2n) is 6.72. The van der Waals surface area contributed by atoms with Crippen LogP contribution in [-0.4, -0.2) is 15.4 Å². The van der Waals surface area contributed by atoms with Crippen LogP contribution in [0.1, 0.15) is 16.8 Å². The average Bonchev–Trinajstić information content (AvgIpc) is 3.34. The molecule has 0 spiro atoms. The lowest BCUT2D eigenvalue weighted by Crippen LogP contribution is -2.29. The van der Waals surface area contributed by atoms with Crippen molar-refractivity contribution in [1.29, 1.82) is 0 Å². The molecule has 0 aliphatic heterocycles. The van der Waals surface area contributed by atoms with Gasteiger partial charge in [-0.15, -0.1) is 0 Å². The van der Waals surface area contributed by atoms with Crippen LogP contribution in [0.25, 0.3) is 17.1 Å². The zero-order valence-electron chi connectivity index (χ0n) is 14.2. The van der Waals surface area contributed by atoms with Crippen molar-refractivity contribution in [2.75, 3.05) is 0 Å². The van der Waals surface area contributed by atoms with Crippen molar-refractivity contribution in [3.63, 3.8) is 0 Å². The van der Waals surface area contributed by atoms with E-state index in [2.05, 4.69) is 34.6 Å². The quantitative estimate of drug-likeness (QED) is 0.580. The van der Waals surface area contributed by atoms with Crippen molar-refractivity contribution >= 4 is 17.4 Å². The van der Waals surface area contributed by atoms with Gasteiger partial charge in [0.1, 0.15) is 6.26 Å². The van der Waals surface area contributed by atoms with Crippen molar-refractivity contribution in [2.24, 2.45) is 0 Å². The molecule has 26 heavy (non-hydrogen) atoms. The van der Waals surface area contributed by atoms with Crippen LogP contribution in [-0.2, 0) is 19.4 Å². The molecular formula is C21H18ClN3O. The number of fused-ring (bicyclic) bond motifs is 2. The zero-order valence-corrected chi connectivity index (χ0v) is 14.9. The van der Waals surface area contributed by atoms with Crippen LogP contribution in [0.3, 0.4) is 0 Å². The normalized spacial score (nSPS) is 14.2. The largest absolute Gasteiger partial charge is 0.432 e. The fraction of sp³-hybridized carbons (Fsp3) is 0.190.